The Bertz CT molecular complexity index is 447. The molecule has 0 saturated carbocycles. The number of nitrogens with one attached hydrogen (secondary N) is 1. The molecule has 0 unspecified atom stereocenters. The zero-order valence-corrected chi connectivity index (χ0v) is 19.5. The molecule has 6 nitrogen and oxygen atoms in total. The molecule has 0 fully saturated rings. The minimum absolute atomic E-state index is 0. The summed E-state index contributed by atoms with van der Waals surface area (Å²) in [5.74, 6) is -1.07. The standard InChI is InChI=1S/C24H46N2O4.Na.H/c1-3-5-6-7-8-9-10-11-12-13-14-15-16-17-18-19-23(27)26(22-24(28)29)21-20-25-30-4-2;;/h11-12,25H,3-10,13-22H2,1-2H3,(H,28,29);;/b12-11-;;. The molecule has 1 amide bonds. The first-order chi connectivity index (χ1) is 14.6. The second kappa shape index (κ2) is 25.9. The Morgan fingerprint density at radius 2 is 1.42 bits per heavy atom. The van der Waals surface area contributed by atoms with E-state index in [9.17, 15) is 9.59 Å². The second-order valence-electron chi connectivity index (χ2n) is 7.87. The Balaban J connectivity index is 0. The summed E-state index contributed by atoms with van der Waals surface area (Å²) < 4.78 is 0. The van der Waals surface area contributed by atoms with E-state index in [1.807, 2.05) is 6.92 Å². The molecule has 0 aromatic heterocycles. The van der Waals surface area contributed by atoms with Crippen LogP contribution in [0, 0.1) is 0 Å². The maximum absolute atomic E-state index is 12.3. The van der Waals surface area contributed by atoms with Crippen molar-refractivity contribution < 1.29 is 19.5 Å². The van der Waals surface area contributed by atoms with Crippen LogP contribution in [0.1, 0.15) is 104 Å². The number of allylic oxidation sites excluding steroid dienone is 2. The van der Waals surface area contributed by atoms with Gasteiger partial charge in [0.2, 0.25) is 5.91 Å². The second-order valence-corrected chi connectivity index (χ2v) is 7.87. The average Bonchev–Trinajstić information content (AvgIpc) is 2.72. The summed E-state index contributed by atoms with van der Waals surface area (Å²) in [6.45, 7) is 5.16. The first kappa shape index (κ1) is 32.8. The van der Waals surface area contributed by atoms with Gasteiger partial charge in [-0.25, -0.2) is 5.48 Å². The molecular formula is C24H47N2NaO4. The van der Waals surface area contributed by atoms with Gasteiger partial charge in [0.1, 0.15) is 6.54 Å². The monoisotopic (exact) mass is 450 g/mol. The average molecular weight is 451 g/mol. The Kier molecular flexibility index (Phi) is 27.3. The van der Waals surface area contributed by atoms with Gasteiger partial charge in [-0.1, -0.05) is 70.4 Å². The summed E-state index contributed by atoms with van der Waals surface area (Å²) in [6.07, 6.45) is 20.9. The Hall–Kier alpha value is -0.400. The van der Waals surface area contributed by atoms with E-state index in [4.69, 9.17) is 9.94 Å². The van der Waals surface area contributed by atoms with Crippen molar-refractivity contribution in [3.05, 3.63) is 12.2 Å². The molecular weight excluding hydrogens is 403 g/mol. The number of carbonyl (C=O) groups excluding carboxylic acids is 1. The van der Waals surface area contributed by atoms with Gasteiger partial charge >= 0.3 is 35.5 Å². The Morgan fingerprint density at radius 1 is 0.871 bits per heavy atom. The third-order valence-electron chi connectivity index (χ3n) is 5.06. The van der Waals surface area contributed by atoms with Crippen molar-refractivity contribution in [3.63, 3.8) is 0 Å². The zero-order chi connectivity index (χ0) is 22.3. The third-order valence-corrected chi connectivity index (χ3v) is 5.06. The molecule has 31 heavy (non-hydrogen) atoms. The number of carboxylic acid groups (broad SMARTS) is 1. The van der Waals surface area contributed by atoms with Crippen molar-refractivity contribution in [3.8, 4) is 0 Å². The topological polar surface area (TPSA) is 78.9 Å². The van der Waals surface area contributed by atoms with E-state index in [0.717, 1.165) is 25.7 Å². The van der Waals surface area contributed by atoms with Crippen LogP contribution >= 0.6 is 0 Å². The molecule has 0 radical (unpaired) electrons. The quantitative estimate of drug-likeness (QED) is 0.107. The van der Waals surface area contributed by atoms with Crippen LogP contribution < -0.4 is 5.48 Å². The van der Waals surface area contributed by atoms with Crippen LogP contribution in [0.25, 0.3) is 0 Å². The van der Waals surface area contributed by atoms with Gasteiger partial charge in [-0.3, -0.25) is 9.59 Å². The number of amides is 1. The number of carbonyl (C=O) groups is 2. The van der Waals surface area contributed by atoms with E-state index < -0.39 is 5.97 Å². The fourth-order valence-corrected chi connectivity index (χ4v) is 3.32. The molecule has 7 heteroatoms. The zero-order valence-electron chi connectivity index (χ0n) is 19.5. The van der Waals surface area contributed by atoms with Crippen molar-refractivity contribution in [2.75, 3.05) is 26.2 Å². The van der Waals surface area contributed by atoms with E-state index in [1.165, 1.54) is 62.7 Å². The normalized spacial score (nSPS) is 10.9. The van der Waals surface area contributed by atoms with Gasteiger partial charge in [-0.05, 0) is 39.0 Å². The molecule has 178 valence electrons. The summed E-state index contributed by atoms with van der Waals surface area (Å²) in [5, 5.41) is 8.99. The van der Waals surface area contributed by atoms with Gasteiger partial charge in [-0.2, -0.15) is 0 Å². The first-order valence-electron chi connectivity index (χ1n) is 12.1. The fourth-order valence-electron chi connectivity index (χ4n) is 3.32. The molecule has 0 aromatic rings. The SMILES string of the molecule is CCCCCCCC/C=C\CCCCCCCC(=O)N(CCNOCC)CC(=O)O.[NaH]. The molecule has 0 atom stereocenters. The van der Waals surface area contributed by atoms with Gasteiger partial charge < -0.3 is 14.8 Å². The predicted octanol–water partition coefficient (Wildman–Crippen LogP) is 4.83. The van der Waals surface area contributed by atoms with Crippen molar-refractivity contribution in [1.82, 2.24) is 10.4 Å². The Labute approximate surface area is 212 Å². The summed E-state index contributed by atoms with van der Waals surface area (Å²) >= 11 is 0. The number of hydroxylamine groups is 1. The minimum atomic E-state index is -0.982. The van der Waals surface area contributed by atoms with E-state index in [-0.39, 0.29) is 42.0 Å². The molecule has 0 saturated heterocycles. The molecule has 0 aliphatic heterocycles. The summed E-state index contributed by atoms with van der Waals surface area (Å²) in [4.78, 5) is 29.6. The van der Waals surface area contributed by atoms with Crippen molar-refractivity contribution in [2.24, 2.45) is 0 Å². The maximum atomic E-state index is 12.3. The van der Waals surface area contributed by atoms with Crippen LogP contribution in [0.3, 0.4) is 0 Å². The molecule has 2 N–H and O–H groups in total. The van der Waals surface area contributed by atoms with Crippen LogP contribution in [0.5, 0.6) is 0 Å². The van der Waals surface area contributed by atoms with E-state index in [2.05, 4.69) is 24.6 Å². The fraction of sp³-hybridized carbons (Fsp3) is 0.833. The number of hydrogen-bond donors (Lipinski definition) is 2. The molecule has 0 bridgehead atoms. The van der Waals surface area contributed by atoms with Crippen LogP contribution in [0.2, 0.25) is 0 Å². The van der Waals surface area contributed by atoms with Gasteiger partial charge in [0, 0.05) is 19.5 Å². The number of rotatable bonds is 22. The molecule has 0 spiro atoms. The van der Waals surface area contributed by atoms with Gasteiger partial charge in [-0.15, -0.1) is 0 Å². The van der Waals surface area contributed by atoms with Gasteiger partial charge in [0.25, 0.3) is 0 Å². The predicted molar refractivity (Wildman–Crippen MR) is 130 cm³/mol. The molecule has 0 aliphatic rings. The van der Waals surface area contributed by atoms with Crippen molar-refractivity contribution in [2.45, 2.75) is 104 Å². The molecule has 0 heterocycles. The van der Waals surface area contributed by atoms with Crippen LogP contribution in [-0.2, 0) is 14.4 Å². The molecule has 0 aliphatic carbocycles. The Morgan fingerprint density at radius 3 is 1.97 bits per heavy atom. The summed E-state index contributed by atoms with van der Waals surface area (Å²) in [5.41, 5.74) is 2.72. The third kappa shape index (κ3) is 24.1. The molecule has 0 aromatic carbocycles. The van der Waals surface area contributed by atoms with E-state index in [0.29, 0.717) is 26.1 Å². The number of hydrogen-bond acceptors (Lipinski definition) is 4. The summed E-state index contributed by atoms with van der Waals surface area (Å²) in [7, 11) is 0. The van der Waals surface area contributed by atoms with Crippen LogP contribution in [0.4, 0.5) is 0 Å². The van der Waals surface area contributed by atoms with Gasteiger partial charge in [0.15, 0.2) is 0 Å². The van der Waals surface area contributed by atoms with Crippen LogP contribution in [0.15, 0.2) is 12.2 Å². The van der Waals surface area contributed by atoms with Crippen LogP contribution in [-0.4, -0.2) is 77.7 Å². The van der Waals surface area contributed by atoms with Crippen molar-refractivity contribution in [1.29, 1.82) is 0 Å². The number of aliphatic carboxylic acids is 1. The van der Waals surface area contributed by atoms with E-state index >= 15 is 0 Å². The van der Waals surface area contributed by atoms with Crippen molar-refractivity contribution >= 4 is 41.4 Å². The first-order valence-corrected chi connectivity index (χ1v) is 12.1. The number of unbranched alkanes of at least 4 members (excludes halogenated alkanes) is 11. The summed E-state index contributed by atoms with van der Waals surface area (Å²) in [6, 6.07) is 0. The van der Waals surface area contributed by atoms with Gasteiger partial charge in [0.05, 0.1) is 6.61 Å². The van der Waals surface area contributed by atoms with E-state index in [1.54, 1.807) is 0 Å². The number of nitrogens with zero attached hydrogens (tertiary/aromatic N) is 1. The molecule has 0 rings (SSSR count). The number of carboxylic acids is 1.